The first-order chi connectivity index (χ1) is 11.0. The molecule has 1 aliphatic rings. The van der Waals surface area contributed by atoms with Crippen LogP contribution < -0.4 is 5.32 Å². The topological polar surface area (TPSA) is 66.4 Å². The number of hydrogen-bond acceptors (Lipinski definition) is 3. The molecule has 0 saturated heterocycles. The number of fused-ring (bicyclic) bond motifs is 1. The van der Waals surface area contributed by atoms with Gasteiger partial charge >= 0.3 is 5.97 Å². The average molecular weight is 394 g/mol. The SMILES string of the molecule is O=C(CC1(C(=O)O)Cc2ccccc2C1)NCc1cc(Br)cs1. The third-order valence-corrected chi connectivity index (χ3v) is 5.91. The first-order valence-corrected chi connectivity index (χ1v) is 8.96. The first kappa shape index (κ1) is 16.2. The summed E-state index contributed by atoms with van der Waals surface area (Å²) in [5, 5.41) is 14.5. The normalized spacial score (nSPS) is 15.2. The molecule has 23 heavy (non-hydrogen) atoms. The Morgan fingerprint density at radius 2 is 1.91 bits per heavy atom. The molecule has 3 rings (SSSR count). The summed E-state index contributed by atoms with van der Waals surface area (Å²) in [6.45, 7) is 0.428. The fourth-order valence-electron chi connectivity index (χ4n) is 3.05. The molecule has 0 radical (unpaired) electrons. The number of rotatable bonds is 5. The number of carboxylic acids is 1. The van der Waals surface area contributed by atoms with Gasteiger partial charge in [0, 0.05) is 21.2 Å². The van der Waals surface area contributed by atoms with E-state index in [2.05, 4.69) is 21.2 Å². The second-order valence-electron chi connectivity index (χ2n) is 5.89. The lowest BCUT2D eigenvalue weighted by molar-refractivity contribution is -0.151. The number of thiophene rings is 1. The zero-order valence-electron chi connectivity index (χ0n) is 12.3. The molecule has 2 aromatic rings. The average Bonchev–Trinajstić information content (AvgIpc) is 3.08. The van der Waals surface area contributed by atoms with Gasteiger partial charge in [0.15, 0.2) is 0 Å². The quantitative estimate of drug-likeness (QED) is 0.817. The maximum absolute atomic E-state index is 12.3. The molecule has 0 unspecified atom stereocenters. The van der Waals surface area contributed by atoms with E-state index in [9.17, 15) is 14.7 Å². The van der Waals surface area contributed by atoms with Crippen molar-refractivity contribution >= 4 is 39.1 Å². The molecule has 0 fully saturated rings. The predicted molar refractivity (Wildman–Crippen MR) is 92.4 cm³/mol. The molecule has 0 atom stereocenters. The Labute approximate surface area is 146 Å². The van der Waals surface area contributed by atoms with Gasteiger partial charge in [0.1, 0.15) is 0 Å². The smallest absolute Gasteiger partial charge is 0.310 e. The number of carbonyl (C=O) groups is 2. The lowest BCUT2D eigenvalue weighted by atomic mass is 9.81. The van der Waals surface area contributed by atoms with Crippen LogP contribution in [0.1, 0.15) is 22.4 Å². The Balaban J connectivity index is 1.67. The summed E-state index contributed by atoms with van der Waals surface area (Å²) in [5.41, 5.74) is 1.04. The molecule has 1 heterocycles. The third-order valence-electron chi connectivity index (χ3n) is 4.21. The van der Waals surface area contributed by atoms with Crippen LogP contribution in [-0.2, 0) is 29.0 Å². The van der Waals surface area contributed by atoms with Crippen molar-refractivity contribution in [3.63, 3.8) is 0 Å². The molecule has 1 aliphatic carbocycles. The number of carboxylic acid groups (broad SMARTS) is 1. The van der Waals surface area contributed by atoms with Crippen LogP contribution in [0.15, 0.2) is 40.2 Å². The summed E-state index contributed by atoms with van der Waals surface area (Å²) in [5.74, 6) is -1.12. The molecule has 2 N–H and O–H groups in total. The Hall–Kier alpha value is -1.66. The zero-order chi connectivity index (χ0) is 16.4. The Bertz CT molecular complexity index is 731. The van der Waals surface area contributed by atoms with E-state index < -0.39 is 11.4 Å². The van der Waals surface area contributed by atoms with Gasteiger partial charge in [-0.3, -0.25) is 9.59 Å². The highest BCUT2D eigenvalue weighted by Gasteiger charge is 2.45. The second kappa shape index (κ2) is 6.45. The van der Waals surface area contributed by atoms with Crippen molar-refractivity contribution in [3.8, 4) is 0 Å². The minimum atomic E-state index is -1.02. The fourth-order valence-corrected chi connectivity index (χ4v) is 4.44. The number of halogens is 1. The predicted octanol–water partition coefficient (Wildman–Crippen LogP) is 3.39. The molecule has 0 bridgehead atoms. The number of amides is 1. The van der Waals surface area contributed by atoms with Gasteiger partial charge in [-0.1, -0.05) is 24.3 Å². The van der Waals surface area contributed by atoms with Crippen LogP contribution in [0.4, 0.5) is 0 Å². The van der Waals surface area contributed by atoms with E-state index in [4.69, 9.17) is 0 Å². The molecule has 1 amide bonds. The lowest BCUT2D eigenvalue weighted by Gasteiger charge is -2.23. The highest BCUT2D eigenvalue weighted by Crippen LogP contribution is 2.40. The lowest BCUT2D eigenvalue weighted by Crippen LogP contribution is -2.38. The standard InChI is InChI=1S/C17H16BrNO3S/c18-13-5-14(23-10-13)9-19-15(20)8-17(16(21)22)6-11-3-1-2-4-12(11)7-17/h1-5,10H,6-9H2,(H,19,20)(H,21,22). The molecule has 6 heteroatoms. The van der Waals surface area contributed by atoms with Crippen molar-refractivity contribution in [1.82, 2.24) is 5.32 Å². The Kier molecular flexibility index (Phi) is 4.55. The number of carbonyl (C=O) groups excluding carboxylic acids is 1. The van der Waals surface area contributed by atoms with Crippen LogP contribution in [0.25, 0.3) is 0 Å². The van der Waals surface area contributed by atoms with E-state index in [1.165, 1.54) is 0 Å². The van der Waals surface area contributed by atoms with Gasteiger partial charge in [-0.05, 0) is 46.0 Å². The summed E-state index contributed by atoms with van der Waals surface area (Å²) in [6.07, 6.45) is 0.830. The van der Waals surface area contributed by atoms with E-state index in [1.807, 2.05) is 35.7 Å². The largest absolute Gasteiger partial charge is 0.481 e. The maximum atomic E-state index is 12.3. The van der Waals surface area contributed by atoms with Gasteiger partial charge in [-0.25, -0.2) is 0 Å². The van der Waals surface area contributed by atoms with Gasteiger partial charge < -0.3 is 10.4 Å². The molecule has 4 nitrogen and oxygen atoms in total. The molecular weight excluding hydrogens is 378 g/mol. The van der Waals surface area contributed by atoms with Gasteiger partial charge in [0.25, 0.3) is 0 Å². The number of aliphatic carboxylic acids is 1. The summed E-state index contributed by atoms with van der Waals surface area (Å²) >= 11 is 4.93. The molecule has 0 spiro atoms. The molecule has 0 saturated carbocycles. The van der Waals surface area contributed by atoms with E-state index in [0.29, 0.717) is 19.4 Å². The van der Waals surface area contributed by atoms with Crippen LogP contribution in [0, 0.1) is 5.41 Å². The summed E-state index contributed by atoms with van der Waals surface area (Å²) in [6, 6.07) is 9.66. The second-order valence-corrected chi connectivity index (χ2v) is 7.80. The number of benzene rings is 1. The van der Waals surface area contributed by atoms with Crippen LogP contribution in [-0.4, -0.2) is 17.0 Å². The van der Waals surface area contributed by atoms with Gasteiger partial charge in [-0.15, -0.1) is 11.3 Å². The highest BCUT2D eigenvalue weighted by molar-refractivity contribution is 9.10. The zero-order valence-corrected chi connectivity index (χ0v) is 14.7. The number of nitrogens with one attached hydrogen (secondary N) is 1. The van der Waals surface area contributed by atoms with Crippen LogP contribution in [0.3, 0.4) is 0 Å². The van der Waals surface area contributed by atoms with Gasteiger partial charge in [0.2, 0.25) is 5.91 Å². The molecule has 1 aromatic carbocycles. The van der Waals surface area contributed by atoms with Crippen molar-refractivity contribution in [3.05, 3.63) is 56.2 Å². The van der Waals surface area contributed by atoms with Crippen molar-refractivity contribution in [2.24, 2.45) is 5.41 Å². The van der Waals surface area contributed by atoms with Crippen molar-refractivity contribution < 1.29 is 14.7 Å². The van der Waals surface area contributed by atoms with Crippen LogP contribution >= 0.6 is 27.3 Å². The summed E-state index contributed by atoms with van der Waals surface area (Å²) in [7, 11) is 0. The van der Waals surface area contributed by atoms with Gasteiger partial charge in [0.05, 0.1) is 12.0 Å². The van der Waals surface area contributed by atoms with Crippen molar-refractivity contribution in [2.45, 2.75) is 25.8 Å². The van der Waals surface area contributed by atoms with Crippen LogP contribution in [0.5, 0.6) is 0 Å². The minimum Gasteiger partial charge on any atom is -0.481 e. The monoisotopic (exact) mass is 393 g/mol. The van der Waals surface area contributed by atoms with Gasteiger partial charge in [-0.2, -0.15) is 0 Å². The van der Waals surface area contributed by atoms with E-state index in [1.54, 1.807) is 11.3 Å². The van der Waals surface area contributed by atoms with E-state index in [0.717, 1.165) is 20.5 Å². The van der Waals surface area contributed by atoms with Crippen molar-refractivity contribution in [1.29, 1.82) is 0 Å². The highest BCUT2D eigenvalue weighted by atomic mass is 79.9. The summed E-state index contributed by atoms with van der Waals surface area (Å²) in [4.78, 5) is 25.1. The van der Waals surface area contributed by atoms with E-state index in [-0.39, 0.29) is 12.3 Å². The van der Waals surface area contributed by atoms with Crippen molar-refractivity contribution in [2.75, 3.05) is 0 Å². The molecule has 1 aromatic heterocycles. The first-order valence-electron chi connectivity index (χ1n) is 7.28. The maximum Gasteiger partial charge on any atom is 0.310 e. The molecular formula is C17H16BrNO3S. The third kappa shape index (κ3) is 3.48. The number of hydrogen-bond donors (Lipinski definition) is 2. The Morgan fingerprint density at radius 3 is 2.43 bits per heavy atom. The fraction of sp³-hybridized carbons (Fsp3) is 0.294. The van der Waals surface area contributed by atoms with Crippen LogP contribution in [0.2, 0.25) is 0 Å². The Morgan fingerprint density at radius 1 is 1.26 bits per heavy atom. The molecule has 120 valence electrons. The van der Waals surface area contributed by atoms with E-state index >= 15 is 0 Å². The summed E-state index contributed by atoms with van der Waals surface area (Å²) < 4.78 is 0.986. The molecule has 0 aliphatic heterocycles. The minimum absolute atomic E-state index is 0.00353.